The van der Waals surface area contributed by atoms with Crippen LogP contribution in [0.1, 0.15) is 17.2 Å². The highest BCUT2D eigenvalue weighted by Crippen LogP contribution is 2.34. The number of aldehydes is 1. The molecule has 2 aliphatic heterocycles. The van der Waals surface area contributed by atoms with Crippen LogP contribution in [0, 0.1) is 0 Å². The summed E-state index contributed by atoms with van der Waals surface area (Å²) < 4.78 is 5.44. The van der Waals surface area contributed by atoms with Crippen molar-refractivity contribution in [2.24, 2.45) is 0 Å². The fourth-order valence-electron chi connectivity index (χ4n) is 4.05. The number of nitrogens with zero attached hydrogens (tertiary/aromatic N) is 2. The highest BCUT2D eigenvalue weighted by molar-refractivity contribution is 6.30. The summed E-state index contributed by atoms with van der Waals surface area (Å²) in [5.41, 5.74) is 5.62. The lowest BCUT2D eigenvalue weighted by Crippen LogP contribution is -2.36. The van der Waals surface area contributed by atoms with Gasteiger partial charge in [0.15, 0.2) is 0 Å². The van der Waals surface area contributed by atoms with Crippen LogP contribution in [0.4, 0.5) is 17.2 Å². The van der Waals surface area contributed by atoms with Gasteiger partial charge in [-0.1, -0.05) is 23.7 Å². The standard InChI is InChI=1S/C25H23ClN4O2/c26-19-3-1-17(2-4-19)22-15-18-9-10-27-23(16-31)24(18)25(29-22)28-20-5-7-21(8-6-20)30-11-13-32-14-12-30/h1-10,15-16,23,27H,11-14H2,(H,28,29). The molecule has 3 heterocycles. The normalized spacial score (nSPS) is 17.4. The van der Waals surface area contributed by atoms with Crippen molar-refractivity contribution in [1.82, 2.24) is 10.3 Å². The van der Waals surface area contributed by atoms with Crippen molar-refractivity contribution in [3.05, 3.63) is 76.9 Å². The van der Waals surface area contributed by atoms with Crippen molar-refractivity contribution in [3.8, 4) is 11.3 Å². The van der Waals surface area contributed by atoms with Crippen LogP contribution in [0.15, 0.2) is 60.8 Å². The first kappa shape index (κ1) is 20.5. The summed E-state index contributed by atoms with van der Waals surface area (Å²) in [6, 6.07) is 17.4. The Kier molecular flexibility index (Phi) is 5.79. The summed E-state index contributed by atoms with van der Waals surface area (Å²) in [5, 5.41) is 7.22. The van der Waals surface area contributed by atoms with Crippen molar-refractivity contribution < 1.29 is 9.53 Å². The summed E-state index contributed by atoms with van der Waals surface area (Å²) >= 11 is 6.06. The van der Waals surface area contributed by atoms with E-state index in [1.54, 1.807) is 6.20 Å². The molecule has 1 aromatic heterocycles. The predicted octanol–water partition coefficient (Wildman–Crippen LogP) is 4.80. The van der Waals surface area contributed by atoms with E-state index in [0.717, 1.165) is 60.7 Å². The topological polar surface area (TPSA) is 66.5 Å². The molecule has 1 unspecified atom stereocenters. The fraction of sp³-hybridized carbons (Fsp3) is 0.200. The highest BCUT2D eigenvalue weighted by Gasteiger charge is 2.23. The van der Waals surface area contributed by atoms with Gasteiger partial charge in [0.2, 0.25) is 0 Å². The van der Waals surface area contributed by atoms with Gasteiger partial charge in [0.1, 0.15) is 18.1 Å². The maximum atomic E-state index is 11.8. The van der Waals surface area contributed by atoms with Crippen molar-refractivity contribution in [2.75, 3.05) is 36.5 Å². The quantitative estimate of drug-likeness (QED) is 0.549. The number of halogens is 1. The molecule has 2 aliphatic rings. The second kappa shape index (κ2) is 9.02. The number of morpholine rings is 1. The summed E-state index contributed by atoms with van der Waals surface area (Å²) in [7, 11) is 0. The summed E-state index contributed by atoms with van der Waals surface area (Å²) in [4.78, 5) is 18.9. The third-order valence-electron chi connectivity index (χ3n) is 5.72. The van der Waals surface area contributed by atoms with Gasteiger partial charge in [-0.2, -0.15) is 0 Å². The number of carbonyl (C=O) groups excluding carboxylic acids is 1. The summed E-state index contributed by atoms with van der Waals surface area (Å²) in [6.45, 7) is 3.29. The van der Waals surface area contributed by atoms with E-state index in [-0.39, 0.29) is 0 Å². The molecule has 2 aromatic carbocycles. The van der Waals surface area contributed by atoms with Gasteiger partial charge < -0.3 is 25.1 Å². The third kappa shape index (κ3) is 4.20. The van der Waals surface area contributed by atoms with Crippen LogP contribution in [-0.4, -0.2) is 37.6 Å². The molecule has 7 heteroatoms. The van der Waals surface area contributed by atoms with Gasteiger partial charge in [0.05, 0.1) is 18.9 Å². The molecule has 0 radical (unpaired) electrons. The molecule has 3 aromatic rings. The van der Waals surface area contributed by atoms with Gasteiger partial charge in [-0.05, 0) is 60.3 Å². The third-order valence-corrected chi connectivity index (χ3v) is 5.97. The maximum Gasteiger partial charge on any atom is 0.146 e. The number of hydrogen-bond acceptors (Lipinski definition) is 6. The Balaban J connectivity index is 1.50. The van der Waals surface area contributed by atoms with E-state index in [4.69, 9.17) is 21.3 Å². The molecule has 0 spiro atoms. The highest BCUT2D eigenvalue weighted by atomic mass is 35.5. The van der Waals surface area contributed by atoms with Gasteiger partial charge in [0.25, 0.3) is 0 Å². The Morgan fingerprint density at radius 2 is 1.84 bits per heavy atom. The molecule has 1 fully saturated rings. The SMILES string of the molecule is O=CC1NC=Cc2cc(-c3ccc(Cl)cc3)nc(Nc3ccc(N4CCOCC4)cc3)c21. The van der Waals surface area contributed by atoms with Gasteiger partial charge in [-0.3, -0.25) is 0 Å². The van der Waals surface area contributed by atoms with E-state index < -0.39 is 6.04 Å². The minimum atomic E-state index is -0.461. The van der Waals surface area contributed by atoms with Crippen LogP contribution >= 0.6 is 11.6 Å². The minimum Gasteiger partial charge on any atom is -0.378 e. The van der Waals surface area contributed by atoms with Crippen LogP contribution in [0.2, 0.25) is 5.02 Å². The Morgan fingerprint density at radius 1 is 1.09 bits per heavy atom. The van der Waals surface area contributed by atoms with Crippen molar-refractivity contribution in [3.63, 3.8) is 0 Å². The molecule has 32 heavy (non-hydrogen) atoms. The van der Waals surface area contributed by atoms with E-state index >= 15 is 0 Å². The lowest BCUT2D eigenvalue weighted by Gasteiger charge is -2.29. The number of benzene rings is 2. The number of fused-ring (bicyclic) bond motifs is 1. The second-order valence-corrected chi connectivity index (χ2v) is 8.19. The number of anilines is 3. The Morgan fingerprint density at radius 3 is 2.56 bits per heavy atom. The molecule has 0 saturated carbocycles. The molecule has 0 amide bonds. The number of carbonyl (C=O) groups is 1. The monoisotopic (exact) mass is 446 g/mol. The average Bonchev–Trinajstić information content (AvgIpc) is 2.85. The van der Waals surface area contributed by atoms with E-state index in [0.29, 0.717) is 10.8 Å². The zero-order chi connectivity index (χ0) is 21.9. The minimum absolute atomic E-state index is 0.461. The van der Waals surface area contributed by atoms with Gasteiger partial charge in [-0.25, -0.2) is 4.98 Å². The van der Waals surface area contributed by atoms with E-state index in [1.807, 2.05) is 48.5 Å². The zero-order valence-corrected chi connectivity index (χ0v) is 18.2. The van der Waals surface area contributed by atoms with Crippen LogP contribution in [0.3, 0.4) is 0 Å². The number of rotatable bonds is 5. The number of aromatic nitrogens is 1. The fourth-order valence-corrected chi connectivity index (χ4v) is 4.18. The lowest BCUT2D eigenvalue weighted by molar-refractivity contribution is -0.109. The van der Waals surface area contributed by atoms with Crippen LogP contribution in [0.5, 0.6) is 0 Å². The Bertz CT molecular complexity index is 1140. The molecule has 2 N–H and O–H groups in total. The maximum absolute atomic E-state index is 11.8. The Hall–Kier alpha value is -3.35. The van der Waals surface area contributed by atoms with Crippen LogP contribution in [0.25, 0.3) is 17.3 Å². The zero-order valence-electron chi connectivity index (χ0n) is 17.4. The molecular weight excluding hydrogens is 424 g/mol. The average molecular weight is 447 g/mol. The smallest absolute Gasteiger partial charge is 0.146 e. The largest absolute Gasteiger partial charge is 0.378 e. The Labute approximate surface area is 191 Å². The second-order valence-electron chi connectivity index (χ2n) is 7.75. The van der Waals surface area contributed by atoms with Gasteiger partial charge >= 0.3 is 0 Å². The first-order valence-corrected chi connectivity index (χ1v) is 11.0. The molecule has 5 rings (SSSR count). The molecule has 0 bridgehead atoms. The predicted molar refractivity (Wildman–Crippen MR) is 128 cm³/mol. The number of pyridine rings is 1. The van der Waals surface area contributed by atoms with E-state index in [2.05, 4.69) is 27.7 Å². The number of hydrogen-bond donors (Lipinski definition) is 2. The molecule has 0 aliphatic carbocycles. The van der Waals surface area contributed by atoms with Crippen molar-refractivity contribution >= 4 is 41.2 Å². The van der Waals surface area contributed by atoms with Gasteiger partial charge in [-0.15, -0.1) is 0 Å². The van der Waals surface area contributed by atoms with E-state index in [9.17, 15) is 4.79 Å². The van der Waals surface area contributed by atoms with Crippen LogP contribution < -0.4 is 15.5 Å². The first-order chi connectivity index (χ1) is 15.7. The first-order valence-electron chi connectivity index (χ1n) is 10.6. The molecule has 1 saturated heterocycles. The lowest BCUT2D eigenvalue weighted by atomic mass is 9.97. The molecular formula is C25H23ClN4O2. The van der Waals surface area contributed by atoms with Crippen molar-refractivity contribution in [1.29, 1.82) is 0 Å². The molecule has 6 nitrogen and oxygen atoms in total. The number of ether oxygens (including phenoxy) is 1. The molecule has 1 atom stereocenters. The number of nitrogens with one attached hydrogen (secondary N) is 2. The molecule has 162 valence electrons. The summed E-state index contributed by atoms with van der Waals surface area (Å²) in [6.07, 6.45) is 4.66. The van der Waals surface area contributed by atoms with Gasteiger partial charge in [0, 0.05) is 40.6 Å². The van der Waals surface area contributed by atoms with Crippen LogP contribution in [-0.2, 0) is 9.53 Å². The summed E-state index contributed by atoms with van der Waals surface area (Å²) in [5.74, 6) is 0.653. The van der Waals surface area contributed by atoms with E-state index in [1.165, 1.54) is 5.69 Å². The van der Waals surface area contributed by atoms with Crippen molar-refractivity contribution in [2.45, 2.75) is 6.04 Å².